The van der Waals surface area contributed by atoms with E-state index in [2.05, 4.69) is 253 Å². The van der Waals surface area contributed by atoms with Crippen LogP contribution >= 0.6 is 0 Å². The van der Waals surface area contributed by atoms with Crippen molar-refractivity contribution in [1.82, 2.24) is 4.57 Å². The van der Waals surface area contributed by atoms with Crippen molar-refractivity contribution in [3.63, 3.8) is 0 Å². The van der Waals surface area contributed by atoms with Gasteiger partial charge in [0.25, 0.3) is 0 Å². The van der Waals surface area contributed by atoms with Crippen LogP contribution in [-0.4, -0.2) is 4.57 Å². The first-order valence-electron chi connectivity index (χ1n) is 21.9. The van der Waals surface area contributed by atoms with Crippen molar-refractivity contribution in [2.24, 2.45) is 0 Å². The molecule has 3 nitrogen and oxygen atoms in total. The standard InChI is InChI=1S/C61H42N2O/c1-41-37-46(43-21-7-3-8-22-43)38-53(45-23-9-4-10-24-45)60(41)62(47-35-33-44(34-36-47)42-19-5-2-6-20-42)48-39-54(61-55(40-48)52-28-14-18-32-59(52)64-61)51-27-13-17-31-58(51)63-56-29-15-11-25-49(56)50-26-12-16-30-57(50)63/h2-40H,1H3. The number of aromatic nitrogens is 1. The number of hydrogen-bond acceptors (Lipinski definition) is 2. The lowest BCUT2D eigenvalue weighted by atomic mass is 9.92. The lowest BCUT2D eigenvalue weighted by Gasteiger charge is -2.31. The highest BCUT2D eigenvalue weighted by molar-refractivity contribution is 6.14. The van der Waals surface area contributed by atoms with Gasteiger partial charge in [-0.2, -0.15) is 0 Å². The minimum Gasteiger partial charge on any atom is -0.455 e. The van der Waals surface area contributed by atoms with Gasteiger partial charge in [-0.25, -0.2) is 0 Å². The molecule has 0 radical (unpaired) electrons. The van der Waals surface area contributed by atoms with Gasteiger partial charge in [0.05, 0.1) is 22.4 Å². The first kappa shape index (κ1) is 37.4. The zero-order valence-electron chi connectivity index (χ0n) is 35.3. The summed E-state index contributed by atoms with van der Waals surface area (Å²) in [6, 6.07) is 85.2. The lowest BCUT2D eigenvalue weighted by molar-refractivity contribution is 0.670. The molecule has 0 fully saturated rings. The molecule has 10 aromatic carbocycles. The van der Waals surface area contributed by atoms with Crippen molar-refractivity contribution in [3.8, 4) is 50.2 Å². The Kier molecular flexibility index (Phi) is 9.05. The number of nitrogens with zero attached hydrogens (tertiary/aromatic N) is 2. The Labute approximate surface area is 372 Å². The van der Waals surface area contributed by atoms with Crippen LogP contribution < -0.4 is 4.90 Å². The van der Waals surface area contributed by atoms with E-state index in [1.165, 1.54) is 33.0 Å². The summed E-state index contributed by atoms with van der Waals surface area (Å²) < 4.78 is 9.37. The van der Waals surface area contributed by atoms with E-state index in [0.29, 0.717) is 0 Å². The minimum atomic E-state index is 0.858. The average molecular weight is 819 g/mol. The van der Waals surface area contributed by atoms with Crippen molar-refractivity contribution in [3.05, 3.63) is 242 Å². The summed E-state index contributed by atoms with van der Waals surface area (Å²) in [6.07, 6.45) is 0. The van der Waals surface area contributed by atoms with Gasteiger partial charge in [0.2, 0.25) is 0 Å². The first-order chi connectivity index (χ1) is 31.7. The number of anilines is 3. The number of hydrogen-bond donors (Lipinski definition) is 0. The van der Waals surface area contributed by atoms with Gasteiger partial charge in [0, 0.05) is 49.6 Å². The summed E-state index contributed by atoms with van der Waals surface area (Å²) in [6.45, 7) is 2.25. The van der Waals surface area contributed by atoms with Crippen LogP contribution in [0.4, 0.5) is 17.1 Å². The van der Waals surface area contributed by atoms with E-state index in [4.69, 9.17) is 4.42 Å². The van der Waals surface area contributed by atoms with Gasteiger partial charge in [-0.15, -0.1) is 0 Å². The normalized spacial score (nSPS) is 11.5. The average Bonchev–Trinajstić information content (AvgIpc) is 3.91. The molecule has 0 atom stereocenters. The third kappa shape index (κ3) is 6.29. The molecule has 0 aliphatic carbocycles. The van der Waals surface area contributed by atoms with Crippen LogP contribution in [-0.2, 0) is 0 Å². The lowest BCUT2D eigenvalue weighted by Crippen LogP contribution is -2.13. The second-order valence-corrected chi connectivity index (χ2v) is 16.5. The van der Waals surface area contributed by atoms with Gasteiger partial charge in [-0.05, 0) is 101 Å². The SMILES string of the molecule is Cc1cc(-c2ccccc2)cc(-c2ccccc2)c1N(c1ccc(-c2ccccc2)cc1)c1cc(-c2ccccc2-n2c3ccccc3c3ccccc32)c2oc3ccccc3c2c1. The summed E-state index contributed by atoms with van der Waals surface area (Å²) in [5.41, 5.74) is 18.6. The molecule has 12 aromatic rings. The highest BCUT2D eigenvalue weighted by Crippen LogP contribution is 2.49. The van der Waals surface area contributed by atoms with Crippen LogP contribution in [0.25, 0.3) is 93.9 Å². The van der Waals surface area contributed by atoms with E-state index in [1.807, 2.05) is 0 Å². The van der Waals surface area contributed by atoms with Gasteiger partial charge in [0.15, 0.2) is 0 Å². The molecular weight excluding hydrogens is 777 g/mol. The Morgan fingerprint density at radius 2 is 0.891 bits per heavy atom. The summed E-state index contributed by atoms with van der Waals surface area (Å²) in [7, 11) is 0. The number of aryl methyl sites for hydroxylation is 1. The van der Waals surface area contributed by atoms with Gasteiger partial charge < -0.3 is 13.9 Å². The van der Waals surface area contributed by atoms with E-state index in [1.54, 1.807) is 0 Å². The van der Waals surface area contributed by atoms with Crippen molar-refractivity contribution in [2.75, 3.05) is 4.90 Å². The van der Waals surface area contributed by atoms with Crippen LogP contribution in [0.3, 0.4) is 0 Å². The predicted octanol–water partition coefficient (Wildman–Crippen LogP) is 17.1. The topological polar surface area (TPSA) is 21.3 Å². The van der Waals surface area contributed by atoms with Crippen molar-refractivity contribution >= 4 is 60.8 Å². The summed E-state index contributed by atoms with van der Waals surface area (Å²) in [4.78, 5) is 2.47. The van der Waals surface area contributed by atoms with Crippen LogP contribution in [0.1, 0.15) is 5.56 Å². The quantitative estimate of drug-likeness (QED) is 0.152. The Morgan fingerprint density at radius 3 is 1.56 bits per heavy atom. The highest BCUT2D eigenvalue weighted by Gasteiger charge is 2.26. The molecular formula is C61H42N2O. The smallest absolute Gasteiger partial charge is 0.143 e. The van der Waals surface area contributed by atoms with Crippen molar-refractivity contribution in [1.29, 1.82) is 0 Å². The molecule has 12 rings (SSSR count). The molecule has 0 bridgehead atoms. The molecule has 0 N–H and O–H groups in total. The fourth-order valence-corrected chi connectivity index (χ4v) is 9.77. The van der Waals surface area contributed by atoms with Gasteiger partial charge in [-0.1, -0.05) is 176 Å². The van der Waals surface area contributed by atoms with Crippen LogP contribution in [0, 0.1) is 6.92 Å². The molecule has 3 heteroatoms. The predicted molar refractivity (Wildman–Crippen MR) is 269 cm³/mol. The second kappa shape index (κ2) is 15.5. The summed E-state index contributed by atoms with van der Waals surface area (Å²) in [5, 5.41) is 4.59. The Balaban J connectivity index is 1.17. The molecule has 0 aliphatic heterocycles. The highest BCUT2D eigenvalue weighted by atomic mass is 16.3. The number of furan rings is 1. The van der Waals surface area contributed by atoms with Gasteiger partial charge in [-0.3, -0.25) is 0 Å². The minimum absolute atomic E-state index is 0.858. The molecule has 302 valence electrons. The number of para-hydroxylation sites is 4. The fourth-order valence-electron chi connectivity index (χ4n) is 9.77. The van der Waals surface area contributed by atoms with Crippen LogP contribution in [0.5, 0.6) is 0 Å². The zero-order valence-corrected chi connectivity index (χ0v) is 35.3. The Morgan fingerprint density at radius 1 is 0.359 bits per heavy atom. The monoisotopic (exact) mass is 818 g/mol. The van der Waals surface area contributed by atoms with E-state index in [0.717, 1.165) is 83.5 Å². The number of benzene rings is 10. The Hall–Kier alpha value is -8.40. The molecule has 0 saturated carbocycles. The third-order valence-electron chi connectivity index (χ3n) is 12.7. The van der Waals surface area contributed by atoms with E-state index in [-0.39, 0.29) is 0 Å². The third-order valence-corrected chi connectivity index (χ3v) is 12.7. The van der Waals surface area contributed by atoms with Crippen molar-refractivity contribution < 1.29 is 4.42 Å². The Bertz CT molecular complexity index is 3610. The molecule has 2 aromatic heterocycles. The maximum absolute atomic E-state index is 6.95. The van der Waals surface area contributed by atoms with E-state index < -0.39 is 0 Å². The van der Waals surface area contributed by atoms with E-state index in [9.17, 15) is 0 Å². The van der Waals surface area contributed by atoms with Gasteiger partial charge in [0.1, 0.15) is 11.2 Å². The molecule has 0 saturated heterocycles. The molecule has 2 heterocycles. The van der Waals surface area contributed by atoms with Crippen LogP contribution in [0.2, 0.25) is 0 Å². The number of fused-ring (bicyclic) bond motifs is 6. The summed E-state index contributed by atoms with van der Waals surface area (Å²) in [5.74, 6) is 0. The van der Waals surface area contributed by atoms with Crippen molar-refractivity contribution in [2.45, 2.75) is 6.92 Å². The van der Waals surface area contributed by atoms with Crippen LogP contribution in [0.15, 0.2) is 241 Å². The molecule has 0 unspecified atom stereocenters. The maximum Gasteiger partial charge on any atom is 0.143 e. The molecule has 0 amide bonds. The summed E-state index contributed by atoms with van der Waals surface area (Å²) >= 11 is 0. The number of rotatable bonds is 8. The largest absolute Gasteiger partial charge is 0.455 e. The zero-order chi connectivity index (χ0) is 42.6. The fraction of sp³-hybridized carbons (Fsp3) is 0.0164. The molecule has 0 spiro atoms. The van der Waals surface area contributed by atoms with Gasteiger partial charge >= 0.3 is 0 Å². The molecule has 0 aliphatic rings. The first-order valence-corrected chi connectivity index (χ1v) is 21.9. The maximum atomic E-state index is 6.95. The second-order valence-electron chi connectivity index (χ2n) is 16.5. The molecule has 64 heavy (non-hydrogen) atoms. The van der Waals surface area contributed by atoms with E-state index >= 15 is 0 Å².